The van der Waals surface area contributed by atoms with Crippen molar-refractivity contribution in [2.45, 2.75) is 38.3 Å². The van der Waals surface area contributed by atoms with Gasteiger partial charge in [0.1, 0.15) is 6.33 Å². The Labute approximate surface area is 147 Å². The first-order valence-corrected chi connectivity index (χ1v) is 8.94. The van der Waals surface area contributed by atoms with E-state index in [0.29, 0.717) is 13.0 Å². The fourth-order valence-electron chi connectivity index (χ4n) is 3.46. The van der Waals surface area contributed by atoms with Gasteiger partial charge in [-0.15, -0.1) is 0 Å². The van der Waals surface area contributed by atoms with Crippen LogP contribution in [0.2, 0.25) is 0 Å². The number of hydrogen-bond donors (Lipinski definition) is 1. The van der Waals surface area contributed by atoms with E-state index in [9.17, 15) is 5.11 Å². The van der Waals surface area contributed by atoms with E-state index in [0.717, 1.165) is 36.5 Å². The van der Waals surface area contributed by atoms with E-state index >= 15 is 0 Å². The molecule has 1 atom stereocenters. The minimum absolute atomic E-state index is 0.428. The third kappa shape index (κ3) is 3.49. The lowest BCUT2D eigenvalue weighted by Crippen LogP contribution is -2.20. The molecule has 3 heterocycles. The Morgan fingerprint density at radius 3 is 2.64 bits per heavy atom. The topological polar surface area (TPSA) is 67.1 Å². The van der Waals surface area contributed by atoms with E-state index in [4.69, 9.17) is 0 Å². The van der Waals surface area contributed by atoms with Crippen LogP contribution in [0, 0.1) is 0 Å². The van der Waals surface area contributed by atoms with Gasteiger partial charge in [-0.2, -0.15) is 0 Å². The average Bonchev–Trinajstić information content (AvgIpc) is 3.31. The molecule has 0 unspecified atom stereocenters. The molecule has 0 spiro atoms. The summed E-state index contributed by atoms with van der Waals surface area (Å²) in [5.41, 5.74) is 2.88. The van der Waals surface area contributed by atoms with E-state index in [1.54, 1.807) is 12.7 Å². The second kappa shape index (κ2) is 7.19. The number of imidazole rings is 1. The number of aryl methyl sites for hydroxylation is 1. The molecule has 2 aromatic heterocycles. The van der Waals surface area contributed by atoms with Gasteiger partial charge < -0.3 is 14.6 Å². The zero-order chi connectivity index (χ0) is 17.1. The predicted molar refractivity (Wildman–Crippen MR) is 97.5 cm³/mol. The smallest absolute Gasteiger partial charge is 0.165 e. The van der Waals surface area contributed by atoms with Crippen LogP contribution in [0.5, 0.6) is 0 Å². The number of anilines is 1. The van der Waals surface area contributed by atoms with Crippen molar-refractivity contribution in [2.24, 2.45) is 0 Å². The number of aliphatic hydroxyl groups is 1. The molecule has 1 aromatic carbocycles. The maximum atomic E-state index is 10.4. The van der Waals surface area contributed by atoms with Crippen LogP contribution >= 0.6 is 0 Å². The van der Waals surface area contributed by atoms with Crippen LogP contribution in [0.4, 0.5) is 5.82 Å². The zero-order valence-electron chi connectivity index (χ0n) is 14.3. The molecular formula is C19H23N5O. The molecule has 6 heteroatoms. The molecule has 4 rings (SSSR count). The number of benzene rings is 1. The van der Waals surface area contributed by atoms with E-state index in [2.05, 4.69) is 32.0 Å². The Hall–Kier alpha value is -2.47. The highest BCUT2D eigenvalue weighted by Gasteiger charge is 2.19. The number of aromatic nitrogens is 4. The molecule has 25 heavy (non-hydrogen) atoms. The van der Waals surface area contributed by atoms with Crippen molar-refractivity contribution >= 4 is 17.0 Å². The molecular weight excluding hydrogens is 314 g/mol. The predicted octanol–water partition coefficient (Wildman–Crippen LogP) is 2.42. The Morgan fingerprint density at radius 2 is 1.84 bits per heavy atom. The lowest BCUT2D eigenvalue weighted by atomic mass is 10.1. The molecule has 1 N–H and O–H groups in total. The van der Waals surface area contributed by atoms with Crippen molar-refractivity contribution in [3.8, 4) is 0 Å². The number of fused-ring (bicyclic) bond motifs is 1. The normalized spacial score (nSPS) is 15.8. The van der Waals surface area contributed by atoms with Crippen LogP contribution in [0.1, 0.15) is 24.8 Å². The van der Waals surface area contributed by atoms with Gasteiger partial charge in [-0.05, 0) is 31.2 Å². The van der Waals surface area contributed by atoms with E-state index in [-0.39, 0.29) is 0 Å². The molecule has 0 saturated carbocycles. The number of aliphatic hydroxyl groups excluding tert-OH is 1. The van der Waals surface area contributed by atoms with E-state index in [1.165, 1.54) is 18.4 Å². The van der Waals surface area contributed by atoms with Crippen LogP contribution in [-0.2, 0) is 13.0 Å². The fraction of sp³-hybridized carbons (Fsp3) is 0.421. The Balaban J connectivity index is 1.47. The van der Waals surface area contributed by atoms with Crippen molar-refractivity contribution in [3.05, 3.63) is 48.5 Å². The highest BCUT2D eigenvalue weighted by Crippen LogP contribution is 2.25. The van der Waals surface area contributed by atoms with Gasteiger partial charge in [0.05, 0.1) is 19.0 Å². The second-order valence-corrected chi connectivity index (χ2v) is 6.64. The van der Waals surface area contributed by atoms with Gasteiger partial charge in [0, 0.05) is 13.1 Å². The van der Waals surface area contributed by atoms with E-state index in [1.807, 2.05) is 22.8 Å². The minimum Gasteiger partial charge on any atom is -0.391 e. The number of hydrogen-bond acceptors (Lipinski definition) is 5. The largest absolute Gasteiger partial charge is 0.391 e. The third-order valence-corrected chi connectivity index (χ3v) is 4.80. The van der Waals surface area contributed by atoms with Gasteiger partial charge in [0.2, 0.25) is 0 Å². The molecule has 1 fully saturated rings. The summed E-state index contributed by atoms with van der Waals surface area (Å²) < 4.78 is 1.94. The van der Waals surface area contributed by atoms with E-state index < -0.39 is 6.10 Å². The monoisotopic (exact) mass is 337 g/mol. The Kier molecular flexibility index (Phi) is 4.61. The first kappa shape index (κ1) is 16.0. The van der Waals surface area contributed by atoms with Gasteiger partial charge in [0.15, 0.2) is 17.0 Å². The summed E-state index contributed by atoms with van der Waals surface area (Å²) in [6, 6.07) is 10.3. The third-order valence-electron chi connectivity index (χ3n) is 4.80. The van der Waals surface area contributed by atoms with Gasteiger partial charge in [-0.1, -0.05) is 30.3 Å². The quantitative estimate of drug-likeness (QED) is 0.748. The summed E-state index contributed by atoms with van der Waals surface area (Å²) in [5.74, 6) is 0.917. The van der Waals surface area contributed by atoms with Crippen molar-refractivity contribution in [3.63, 3.8) is 0 Å². The molecule has 1 aliphatic heterocycles. The summed E-state index contributed by atoms with van der Waals surface area (Å²) in [5, 5.41) is 10.4. The van der Waals surface area contributed by atoms with Crippen LogP contribution in [-0.4, -0.2) is 43.8 Å². The average molecular weight is 337 g/mol. The van der Waals surface area contributed by atoms with Crippen LogP contribution in [0.3, 0.4) is 0 Å². The molecule has 0 aliphatic carbocycles. The minimum atomic E-state index is -0.428. The standard InChI is InChI=1S/C19H23N5O/c25-16(9-8-15-6-2-1-3-7-15)12-24-14-22-17-18(20-13-21-19(17)24)23-10-4-5-11-23/h1-3,6-7,13-14,16,25H,4-5,8-12H2/t16-/m1/s1. The Morgan fingerprint density at radius 1 is 1.04 bits per heavy atom. The molecule has 130 valence electrons. The van der Waals surface area contributed by atoms with Crippen molar-refractivity contribution in [2.75, 3.05) is 18.0 Å². The highest BCUT2D eigenvalue weighted by atomic mass is 16.3. The summed E-state index contributed by atoms with van der Waals surface area (Å²) in [6.07, 6.45) is 6.92. The Bertz CT molecular complexity index is 826. The molecule has 6 nitrogen and oxygen atoms in total. The van der Waals surface area contributed by atoms with Crippen LogP contribution in [0.25, 0.3) is 11.2 Å². The van der Waals surface area contributed by atoms with Gasteiger partial charge >= 0.3 is 0 Å². The molecule has 0 bridgehead atoms. The summed E-state index contributed by atoms with van der Waals surface area (Å²) >= 11 is 0. The molecule has 0 radical (unpaired) electrons. The van der Waals surface area contributed by atoms with Crippen LogP contribution in [0.15, 0.2) is 43.0 Å². The lowest BCUT2D eigenvalue weighted by Gasteiger charge is -2.16. The maximum absolute atomic E-state index is 10.4. The summed E-state index contributed by atoms with van der Waals surface area (Å²) in [7, 11) is 0. The second-order valence-electron chi connectivity index (χ2n) is 6.64. The summed E-state index contributed by atoms with van der Waals surface area (Å²) in [4.78, 5) is 15.6. The molecule has 1 saturated heterocycles. The number of rotatable bonds is 6. The highest BCUT2D eigenvalue weighted by molar-refractivity contribution is 5.83. The number of nitrogens with zero attached hydrogens (tertiary/aromatic N) is 5. The van der Waals surface area contributed by atoms with Crippen LogP contribution < -0.4 is 4.90 Å². The van der Waals surface area contributed by atoms with Crippen molar-refractivity contribution < 1.29 is 5.11 Å². The van der Waals surface area contributed by atoms with Gasteiger partial charge in [-0.3, -0.25) is 0 Å². The zero-order valence-corrected chi connectivity index (χ0v) is 14.3. The molecule has 3 aromatic rings. The van der Waals surface area contributed by atoms with Gasteiger partial charge in [0.25, 0.3) is 0 Å². The van der Waals surface area contributed by atoms with Gasteiger partial charge in [-0.25, -0.2) is 15.0 Å². The van der Waals surface area contributed by atoms with Crippen molar-refractivity contribution in [1.82, 2.24) is 19.5 Å². The maximum Gasteiger partial charge on any atom is 0.165 e. The summed E-state index contributed by atoms with van der Waals surface area (Å²) in [6.45, 7) is 2.55. The molecule has 1 aliphatic rings. The molecule has 0 amide bonds. The first-order chi connectivity index (χ1) is 12.3. The fourth-order valence-corrected chi connectivity index (χ4v) is 3.46. The first-order valence-electron chi connectivity index (χ1n) is 8.94. The van der Waals surface area contributed by atoms with Crippen molar-refractivity contribution in [1.29, 1.82) is 0 Å². The SMILES string of the molecule is O[C@H](CCc1ccccc1)Cn1cnc2c(N3CCCC3)ncnc21. The lowest BCUT2D eigenvalue weighted by molar-refractivity contribution is 0.146.